The van der Waals surface area contributed by atoms with Crippen LogP contribution in [-0.2, 0) is 39.0 Å². The van der Waals surface area contributed by atoms with Crippen molar-refractivity contribution in [2.45, 2.75) is 54.4 Å². The molecule has 0 spiro atoms. The number of aryl methyl sites for hydroxylation is 1. The molecule has 0 aliphatic heterocycles. The van der Waals surface area contributed by atoms with E-state index in [4.69, 9.17) is 0 Å². The first-order chi connectivity index (χ1) is 10.5. The smallest absolute Gasteiger partial charge is 1.00 e. The van der Waals surface area contributed by atoms with Crippen molar-refractivity contribution in [3.05, 3.63) is 69.8 Å². The van der Waals surface area contributed by atoms with Crippen LogP contribution in [0.1, 0.15) is 47.2 Å². The fourth-order valence-corrected chi connectivity index (χ4v) is 3.25. The largest absolute Gasteiger partial charge is 4.00 e. The van der Waals surface area contributed by atoms with Crippen molar-refractivity contribution in [1.82, 2.24) is 0 Å². The zero-order valence-electron chi connectivity index (χ0n) is 16.1. The average molecular weight is 422 g/mol. The molecule has 25 heavy (non-hydrogen) atoms. The summed E-state index contributed by atoms with van der Waals surface area (Å²) in [6.07, 6.45) is 2.31. The van der Waals surface area contributed by atoms with E-state index in [1.165, 1.54) is 45.0 Å². The SMILES string of the molecule is CC[c-]1c(C)c(C)c(C)c1C.CCc1cc2ccccc2[cH-]1.[F-].[F-].[Zr+4]. The van der Waals surface area contributed by atoms with E-state index in [0.29, 0.717) is 0 Å². The Bertz CT molecular complexity index is 707. The van der Waals surface area contributed by atoms with E-state index in [-0.39, 0.29) is 35.6 Å². The molecule has 3 heteroatoms. The topological polar surface area (TPSA) is 0 Å². The van der Waals surface area contributed by atoms with Crippen LogP contribution in [0, 0.1) is 27.7 Å². The van der Waals surface area contributed by atoms with Gasteiger partial charge in [-0.25, -0.2) is 0 Å². The van der Waals surface area contributed by atoms with E-state index in [1.54, 1.807) is 5.56 Å². The molecule has 0 atom stereocenters. The van der Waals surface area contributed by atoms with Crippen LogP contribution in [0.4, 0.5) is 0 Å². The van der Waals surface area contributed by atoms with E-state index in [2.05, 4.69) is 77.9 Å². The Morgan fingerprint density at radius 2 is 1.40 bits per heavy atom. The van der Waals surface area contributed by atoms with Gasteiger partial charge < -0.3 is 9.41 Å². The van der Waals surface area contributed by atoms with Crippen LogP contribution < -0.4 is 9.41 Å². The van der Waals surface area contributed by atoms with Crippen molar-refractivity contribution < 1.29 is 35.6 Å². The van der Waals surface area contributed by atoms with Gasteiger partial charge in [-0.15, -0.1) is 40.6 Å². The van der Waals surface area contributed by atoms with Crippen molar-refractivity contribution in [2.75, 3.05) is 0 Å². The maximum atomic E-state index is 2.26. The third-order valence-corrected chi connectivity index (χ3v) is 5.03. The standard InChI is InChI=1S/C11H11.C11H17.2FH.Zr/c1-2-9-7-10-5-3-4-6-11(10)8-9;1-6-11-9(4)7(2)8(3)10(11)5;;;/h3-8H,2H2,1H3;6H2,1-5H3;2*1H;/q2*-1;;;+4/p-2. The van der Waals surface area contributed by atoms with E-state index >= 15 is 0 Å². The van der Waals surface area contributed by atoms with Crippen molar-refractivity contribution in [3.63, 3.8) is 0 Å². The average Bonchev–Trinajstić information content (AvgIpc) is 3.04. The van der Waals surface area contributed by atoms with E-state index in [1.807, 2.05) is 0 Å². The predicted octanol–water partition coefficient (Wildman–Crippen LogP) is 0.328. The minimum Gasteiger partial charge on any atom is -1.00 e. The van der Waals surface area contributed by atoms with Crippen molar-refractivity contribution in [1.29, 1.82) is 0 Å². The molecule has 0 saturated heterocycles. The monoisotopic (exact) mass is 420 g/mol. The molecular formula is C22H28F2Zr. The van der Waals surface area contributed by atoms with Crippen molar-refractivity contribution in [2.24, 2.45) is 0 Å². The van der Waals surface area contributed by atoms with Crippen LogP contribution in [0.3, 0.4) is 0 Å². The van der Waals surface area contributed by atoms with Crippen molar-refractivity contribution in [3.8, 4) is 0 Å². The number of hydrogen-bond donors (Lipinski definition) is 0. The van der Waals surface area contributed by atoms with Gasteiger partial charge in [0.2, 0.25) is 0 Å². The molecular weight excluding hydrogens is 393 g/mol. The summed E-state index contributed by atoms with van der Waals surface area (Å²) < 4.78 is 0. The molecule has 0 aliphatic rings. The maximum Gasteiger partial charge on any atom is 4.00 e. The molecule has 3 rings (SSSR count). The molecule has 0 aliphatic carbocycles. The number of halogens is 2. The summed E-state index contributed by atoms with van der Waals surface area (Å²) in [4.78, 5) is 0. The quantitative estimate of drug-likeness (QED) is 0.523. The van der Waals surface area contributed by atoms with Gasteiger partial charge >= 0.3 is 26.2 Å². The molecule has 0 N–H and O–H groups in total. The number of benzene rings is 1. The summed E-state index contributed by atoms with van der Waals surface area (Å²) in [7, 11) is 0. The molecule has 0 fully saturated rings. The zero-order valence-corrected chi connectivity index (χ0v) is 18.6. The third-order valence-electron chi connectivity index (χ3n) is 5.03. The van der Waals surface area contributed by atoms with Gasteiger partial charge in [-0.2, -0.15) is 33.9 Å². The summed E-state index contributed by atoms with van der Waals surface area (Å²) in [5.41, 5.74) is 8.97. The molecule has 0 aromatic heterocycles. The molecule has 134 valence electrons. The van der Waals surface area contributed by atoms with Crippen LogP contribution in [0.25, 0.3) is 10.8 Å². The van der Waals surface area contributed by atoms with Gasteiger partial charge in [0.15, 0.2) is 0 Å². The van der Waals surface area contributed by atoms with Gasteiger partial charge in [0.05, 0.1) is 0 Å². The summed E-state index contributed by atoms with van der Waals surface area (Å²) in [6, 6.07) is 13.0. The Hall–Kier alpha value is -1.08. The molecule has 0 radical (unpaired) electrons. The first-order valence-electron chi connectivity index (χ1n) is 8.35. The van der Waals surface area contributed by atoms with E-state index in [0.717, 1.165) is 6.42 Å². The first kappa shape index (κ1) is 26.2. The maximum absolute atomic E-state index is 2.26. The zero-order chi connectivity index (χ0) is 16.3. The first-order valence-corrected chi connectivity index (χ1v) is 8.35. The molecule has 0 amide bonds. The van der Waals surface area contributed by atoms with Gasteiger partial charge in [0.25, 0.3) is 0 Å². The summed E-state index contributed by atoms with van der Waals surface area (Å²) in [5.74, 6) is 0. The molecule has 0 nitrogen and oxygen atoms in total. The molecule has 3 aromatic rings. The summed E-state index contributed by atoms with van der Waals surface area (Å²) in [5, 5.41) is 2.73. The Morgan fingerprint density at radius 1 is 0.880 bits per heavy atom. The fourth-order valence-electron chi connectivity index (χ4n) is 3.25. The minimum absolute atomic E-state index is 0. The predicted molar refractivity (Wildman–Crippen MR) is 99.3 cm³/mol. The minimum atomic E-state index is 0. The van der Waals surface area contributed by atoms with Crippen LogP contribution in [0.5, 0.6) is 0 Å². The van der Waals surface area contributed by atoms with Crippen LogP contribution >= 0.6 is 0 Å². The number of fused-ring (bicyclic) bond motifs is 1. The van der Waals surface area contributed by atoms with Gasteiger partial charge in [-0.1, -0.05) is 54.0 Å². The second-order valence-electron chi connectivity index (χ2n) is 6.18. The normalized spacial score (nSPS) is 9.36. The second-order valence-corrected chi connectivity index (χ2v) is 6.18. The van der Waals surface area contributed by atoms with Gasteiger partial charge in [-0.3, -0.25) is 0 Å². The van der Waals surface area contributed by atoms with E-state index in [9.17, 15) is 0 Å². The Kier molecular flexibility index (Phi) is 12.1. The molecule has 0 saturated carbocycles. The van der Waals surface area contributed by atoms with Crippen LogP contribution in [0.2, 0.25) is 0 Å². The Balaban J connectivity index is 0. The third kappa shape index (κ3) is 5.71. The second kappa shape index (κ2) is 11.5. The number of rotatable bonds is 2. The fraction of sp³-hybridized carbons (Fsp3) is 0.364. The Morgan fingerprint density at radius 3 is 1.80 bits per heavy atom. The summed E-state index contributed by atoms with van der Waals surface area (Å²) >= 11 is 0. The molecule has 0 heterocycles. The van der Waals surface area contributed by atoms with Gasteiger partial charge in [-0.05, 0) is 6.42 Å². The van der Waals surface area contributed by atoms with Gasteiger partial charge in [0, 0.05) is 0 Å². The van der Waals surface area contributed by atoms with Crippen LogP contribution in [0.15, 0.2) is 36.4 Å². The Labute approximate surface area is 170 Å². The molecule has 0 unspecified atom stereocenters. The van der Waals surface area contributed by atoms with E-state index < -0.39 is 0 Å². The molecule has 3 aromatic carbocycles. The van der Waals surface area contributed by atoms with Crippen molar-refractivity contribution >= 4 is 10.8 Å². The van der Waals surface area contributed by atoms with Crippen LogP contribution in [-0.4, -0.2) is 0 Å². The number of hydrogen-bond acceptors (Lipinski definition) is 0. The summed E-state index contributed by atoms with van der Waals surface area (Å²) in [6.45, 7) is 13.3. The molecule has 0 bridgehead atoms. The van der Waals surface area contributed by atoms with Gasteiger partial charge in [0.1, 0.15) is 0 Å².